The molecule has 3 aromatic rings. The second-order valence-electron chi connectivity index (χ2n) is 8.17. The molecule has 0 aliphatic rings. The molecule has 0 N–H and O–H groups in total. The molecule has 0 saturated carbocycles. The van der Waals surface area contributed by atoms with Gasteiger partial charge in [-0.15, -0.1) is 0 Å². The first-order chi connectivity index (χ1) is 17.6. The van der Waals surface area contributed by atoms with E-state index >= 15 is 0 Å². The van der Waals surface area contributed by atoms with Gasteiger partial charge in [-0.2, -0.15) is 9.78 Å². The normalized spacial score (nSPS) is 13.1. The van der Waals surface area contributed by atoms with E-state index in [2.05, 4.69) is 37.0 Å². The fourth-order valence-corrected chi connectivity index (χ4v) is 4.46. The molecule has 0 aliphatic carbocycles. The molecule has 0 spiro atoms. The Bertz CT molecular complexity index is 1390. The molecule has 198 valence electrons. The third-order valence-electron chi connectivity index (χ3n) is 5.57. The minimum Gasteiger partial charge on any atom is -0.490 e. The molecular formula is C26H28Br2ClN3O5. The molecule has 37 heavy (non-hydrogen) atoms. The average molecular weight is 658 g/mol. The van der Waals surface area contributed by atoms with Gasteiger partial charge in [-0.1, -0.05) is 41.4 Å². The molecule has 0 fully saturated rings. The zero-order valence-corrected chi connectivity index (χ0v) is 25.1. The van der Waals surface area contributed by atoms with Crippen molar-refractivity contribution in [3.63, 3.8) is 0 Å². The van der Waals surface area contributed by atoms with Crippen molar-refractivity contribution >= 4 is 66.5 Å². The van der Waals surface area contributed by atoms with E-state index < -0.39 is 12.1 Å². The van der Waals surface area contributed by atoms with Crippen LogP contribution in [-0.2, 0) is 9.53 Å². The van der Waals surface area contributed by atoms with Crippen LogP contribution in [0.5, 0.6) is 11.5 Å². The van der Waals surface area contributed by atoms with Crippen LogP contribution in [0.4, 0.5) is 0 Å². The minimum atomic E-state index is -0.900. The number of aromatic nitrogens is 2. The van der Waals surface area contributed by atoms with Crippen LogP contribution in [0, 0.1) is 0 Å². The van der Waals surface area contributed by atoms with E-state index in [1.165, 1.54) is 10.9 Å². The summed E-state index contributed by atoms with van der Waals surface area (Å²) < 4.78 is 19.1. The Labute approximate surface area is 237 Å². The highest BCUT2D eigenvalue weighted by molar-refractivity contribution is 9.10. The van der Waals surface area contributed by atoms with Crippen LogP contribution in [0.3, 0.4) is 0 Å². The Morgan fingerprint density at radius 3 is 2.57 bits per heavy atom. The van der Waals surface area contributed by atoms with E-state index in [1.807, 2.05) is 32.9 Å². The summed E-state index contributed by atoms with van der Waals surface area (Å²) >= 11 is 13.5. The van der Waals surface area contributed by atoms with Gasteiger partial charge in [-0.25, -0.2) is 9.78 Å². The predicted molar refractivity (Wildman–Crippen MR) is 152 cm³/mol. The highest BCUT2D eigenvalue weighted by Crippen LogP contribution is 2.43. The van der Waals surface area contributed by atoms with Gasteiger partial charge in [0.2, 0.25) is 0 Å². The van der Waals surface area contributed by atoms with Gasteiger partial charge in [0.25, 0.3) is 5.56 Å². The fraction of sp³-hybridized carbons (Fsp3) is 0.385. The lowest BCUT2D eigenvalue weighted by Gasteiger charge is -2.19. The van der Waals surface area contributed by atoms with Gasteiger partial charge >= 0.3 is 5.97 Å². The maximum atomic E-state index is 13.4. The van der Waals surface area contributed by atoms with Crippen LogP contribution in [-0.4, -0.2) is 41.2 Å². The van der Waals surface area contributed by atoms with Crippen molar-refractivity contribution in [2.45, 2.75) is 53.1 Å². The van der Waals surface area contributed by atoms with Gasteiger partial charge in [0.15, 0.2) is 17.6 Å². The summed E-state index contributed by atoms with van der Waals surface area (Å²) in [4.78, 5) is 30.2. The van der Waals surface area contributed by atoms with Gasteiger partial charge in [0.05, 0.1) is 30.3 Å². The van der Waals surface area contributed by atoms with Crippen molar-refractivity contribution in [3.05, 3.63) is 60.0 Å². The Kier molecular flexibility index (Phi) is 10.1. The molecule has 11 heteroatoms. The quantitative estimate of drug-likeness (QED) is 0.178. The zero-order valence-electron chi connectivity index (χ0n) is 21.2. The van der Waals surface area contributed by atoms with E-state index in [-0.39, 0.29) is 28.9 Å². The number of hydrogen-bond acceptors (Lipinski definition) is 7. The maximum absolute atomic E-state index is 13.4. The molecule has 0 bridgehead atoms. The third-order valence-corrected chi connectivity index (χ3v) is 7.50. The smallest absolute Gasteiger partial charge is 0.347 e. The topological polar surface area (TPSA) is 92.0 Å². The van der Waals surface area contributed by atoms with Crippen LogP contribution in [0.25, 0.3) is 10.9 Å². The molecule has 0 radical (unpaired) electrons. The van der Waals surface area contributed by atoms with Gasteiger partial charge in [-0.3, -0.25) is 4.79 Å². The maximum Gasteiger partial charge on any atom is 0.347 e. The summed E-state index contributed by atoms with van der Waals surface area (Å²) in [5.74, 6) is 0.541. The standard InChI is InChI=1S/C26H28Br2ClN3O5/c1-6-14(4)24-31-19-10-9-17(27)12-18(19)25(33)32(24)30-13-16-11-20(35-7-2)23(22(29)21(16)28)37-15(5)26(34)36-8-3/h9-15H,6-8H2,1-5H3/t14-,15+/m1/s1. The summed E-state index contributed by atoms with van der Waals surface area (Å²) in [5, 5.41) is 5.15. The summed E-state index contributed by atoms with van der Waals surface area (Å²) in [6, 6.07) is 7.06. The van der Waals surface area contributed by atoms with Crippen molar-refractivity contribution in [2.24, 2.45) is 5.10 Å². The van der Waals surface area contributed by atoms with E-state index in [0.29, 0.717) is 39.1 Å². The summed E-state index contributed by atoms with van der Waals surface area (Å²) in [5.41, 5.74) is 0.865. The van der Waals surface area contributed by atoms with Crippen LogP contribution in [0.1, 0.15) is 58.3 Å². The molecule has 8 nitrogen and oxygen atoms in total. The molecular weight excluding hydrogens is 630 g/mol. The number of benzene rings is 2. The first-order valence-electron chi connectivity index (χ1n) is 11.9. The fourth-order valence-electron chi connectivity index (χ4n) is 3.45. The number of fused-ring (bicyclic) bond motifs is 1. The van der Waals surface area contributed by atoms with Crippen LogP contribution >= 0.6 is 43.5 Å². The van der Waals surface area contributed by atoms with Crippen molar-refractivity contribution < 1.29 is 19.0 Å². The molecule has 3 rings (SSSR count). The highest BCUT2D eigenvalue weighted by Gasteiger charge is 2.23. The van der Waals surface area contributed by atoms with E-state index in [0.717, 1.165) is 10.9 Å². The van der Waals surface area contributed by atoms with Crippen molar-refractivity contribution in [1.29, 1.82) is 0 Å². The molecule has 0 unspecified atom stereocenters. The lowest BCUT2D eigenvalue weighted by atomic mass is 10.1. The van der Waals surface area contributed by atoms with Crippen LogP contribution < -0.4 is 15.0 Å². The first kappa shape index (κ1) is 29.1. The second-order valence-corrected chi connectivity index (χ2v) is 10.3. The third kappa shape index (κ3) is 6.53. The van der Waals surface area contributed by atoms with Crippen LogP contribution in [0.2, 0.25) is 5.02 Å². The number of esters is 1. The van der Waals surface area contributed by atoms with Crippen LogP contribution in [0.15, 0.2) is 43.1 Å². The Morgan fingerprint density at radius 2 is 1.92 bits per heavy atom. The van der Waals surface area contributed by atoms with Crippen molar-refractivity contribution in [1.82, 2.24) is 9.66 Å². The largest absolute Gasteiger partial charge is 0.490 e. The van der Waals surface area contributed by atoms with Crippen molar-refractivity contribution in [2.75, 3.05) is 13.2 Å². The summed E-state index contributed by atoms with van der Waals surface area (Å²) in [6.07, 6.45) is 1.39. The van der Waals surface area contributed by atoms with Gasteiger partial charge in [-0.05, 0) is 67.4 Å². The number of carbonyl (C=O) groups is 1. The van der Waals surface area contributed by atoms with Gasteiger partial charge < -0.3 is 14.2 Å². The highest BCUT2D eigenvalue weighted by atomic mass is 79.9. The molecule has 1 aromatic heterocycles. The second kappa shape index (κ2) is 12.9. The zero-order chi connectivity index (χ0) is 27.3. The lowest BCUT2D eigenvalue weighted by Crippen LogP contribution is -2.26. The first-order valence-corrected chi connectivity index (χ1v) is 13.8. The Morgan fingerprint density at radius 1 is 1.19 bits per heavy atom. The number of rotatable bonds is 10. The van der Waals surface area contributed by atoms with Gasteiger partial charge in [0.1, 0.15) is 10.8 Å². The molecule has 0 saturated heterocycles. The molecule has 0 amide bonds. The monoisotopic (exact) mass is 655 g/mol. The van der Waals surface area contributed by atoms with E-state index in [4.69, 9.17) is 30.8 Å². The number of hydrogen-bond donors (Lipinski definition) is 0. The number of ether oxygens (including phenoxy) is 3. The molecule has 2 aromatic carbocycles. The molecule has 2 atom stereocenters. The number of nitrogens with zero attached hydrogens (tertiary/aromatic N) is 3. The van der Waals surface area contributed by atoms with Crippen molar-refractivity contribution in [3.8, 4) is 11.5 Å². The number of halogens is 3. The lowest BCUT2D eigenvalue weighted by molar-refractivity contribution is -0.150. The minimum absolute atomic E-state index is 0.0101. The molecule has 1 heterocycles. The SMILES string of the molecule is CCOC(=O)[C@H](C)Oc1c(OCC)cc(C=Nn2c([C@H](C)CC)nc3ccc(Br)cc3c2=O)c(Br)c1Cl. The predicted octanol–water partition coefficient (Wildman–Crippen LogP) is 6.70. The number of carbonyl (C=O) groups excluding carboxylic acids is 1. The van der Waals surface area contributed by atoms with E-state index in [1.54, 1.807) is 26.0 Å². The van der Waals surface area contributed by atoms with Gasteiger partial charge in [0, 0.05) is 20.4 Å². The summed E-state index contributed by atoms with van der Waals surface area (Å²) in [6.45, 7) is 9.69. The average Bonchev–Trinajstić information content (AvgIpc) is 2.88. The van der Waals surface area contributed by atoms with E-state index in [9.17, 15) is 9.59 Å². The Hall–Kier alpha value is -2.43. The molecule has 0 aliphatic heterocycles. The summed E-state index contributed by atoms with van der Waals surface area (Å²) in [7, 11) is 0. The Balaban J connectivity index is 2.12.